The summed E-state index contributed by atoms with van der Waals surface area (Å²) in [5.74, 6) is 0.279. The number of para-hydroxylation sites is 1. The summed E-state index contributed by atoms with van der Waals surface area (Å²) in [5, 5.41) is 4.99. The van der Waals surface area contributed by atoms with E-state index in [1.165, 1.54) is 0 Å². The van der Waals surface area contributed by atoms with E-state index in [2.05, 4.69) is 12.2 Å². The molecule has 0 heterocycles. The summed E-state index contributed by atoms with van der Waals surface area (Å²) in [7, 11) is 1.62. The highest BCUT2D eigenvalue weighted by Gasteiger charge is 2.16. The molecule has 0 saturated carbocycles. The maximum absolute atomic E-state index is 13.0. The molecule has 0 unspecified atom stereocenters. The molecule has 146 valence electrons. The number of nitrogens with one attached hydrogen (secondary N) is 1. The second-order valence-corrected chi connectivity index (χ2v) is 6.32. The lowest BCUT2D eigenvalue weighted by atomic mass is 10.0. The fourth-order valence-electron chi connectivity index (χ4n) is 2.96. The molecule has 0 aliphatic heterocycles. The van der Waals surface area contributed by atoms with Gasteiger partial charge in [0.25, 0.3) is 5.91 Å². The standard InChI is InChI=1S/C23H25NO4/c1-3-17-8-6-7-11-21(17)24-23(25)20-14-18-9-4-5-10-19(18)15-22(20)28-16-27-13-12-26-2/h4-11,14-15H,3,12-13,16H2,1-2H3,(H,24,25). The SMILES string of the molecule is CCc1ccccc1NC(=O)c1cc2ccccc2cc1OCOCCOC. The fourth-order valence-corrected chi connectivity index (χ4v) is 2.96. The Morgan fingerprint density at radius 3 is 2.43 bits per heavy atom. The second-order valence-electron chi connectivity index (χ2n) is 6.32. The van der Waals surface area contributed by atoms with Crippen LogP contribution in [0.25, 0.3) is 10.8 Å². The zero-order valence-electron chi connectivity index (χ0n) is 16.2. The van der Waals surface area contributed by atoms with Crippen LogP contribution < -0.4 is 10.1 Å². The van der Waals surface area contributed by atoms with Gasteiger partial charge in [0.1, 0.15) is 5.75 Å². The van der Waals surface area contributed by atoms with Crippen LogP contribution in [0.5, 0.6) is 5.75 Å². The van der Waals surface area contributed by atoms with Gasteiger partial charge in [0.05, 0.1) is 18.8 Å². The second kappa shape index (κ2) is 9.88. The fraction of sp³-hybridized carbons (Fsp3) is 0.261. The third kappa shape index (κ3) is 4.88. The van der Waals surface area contributed by atoms with Crippen LogP contribution in [0.2, 0.25) is 0 Å². The van der Waals surface area contributed by atoms with Gasteiger partial charge in [0.2, 0.25) is 0 Å². The number of carbonyl (C=O) groups excluding carboxylic acids is 1. The molecule has 1 N–H and O–H groups in total. The number of rotatable bonds is 9. The molecule has 0 radical (unpaired) electrons. The van der Waals surface area contributed by atoms with E-state index in [1.807, 2.05) is 60.7 Å². The number of methoxy groups -OCH3 is 1. The average Bonchev–Trinajstić information content (AvgIpc) is 2.73. The van der Waals surface area contributed by atoms with Crippen molar-refractivity contribution in [2.24, 2.45) is 0 Å². The Morgan fingerprint density at radius 2 is 1.68 bits per heavy atom. The molecular formula is C23H25NO4. The van der Waals surface area contributed by atoms with Crippen molar-refractivity contribution in [2.75, 3.05) is 32.4 Å². The molecule has 0 aliphatic carbocycles. The Morgan fingerprint density at radius 1 is 0.964 bits per heavy atom. The predicted octanol–water partition coefficient (Wildman–Crippen LogP) is 4.65. The number of amides is 1. The molecule has 3 aromatic rings. The van der Waals surface area contributed by atoms with Crippen molar-refractivity contribution in [1.29, 1.82) is 0 Å². The molecule has 0 bridgehead atoms. The summed E-state index contributed by atoms with van der Waals surface area (Å²) in [6.45, 7) is 3.03. The molecule has 5 nitrogen and oxygen atoms in total. The molecule has 1 amide bonds. The number of hydrogen-bond donors (Lipinski definition) is 1. The van der Waals surface area contributed by atoms with Gasteiger partial charge in [0.15, 0.2) is 6.79 Å². The molecule has 0 saturated heterocycles. The van der Waals surface area contributed by atoms with Crippen LogP contribution in [0.15, 0.2) is 60.7 Å². The largest absolute Gasteiger partial charge is 0.467 e. The van der Waals surface area contributed by atoms with Crippen molar-refractivity contribution in [3.05, 3.63) is 71.8 Å². The highest BCUT2D eigenvalue weighted by molar-refractivity contribution is 6.09. The van der Waals surface area contributed by atoms with E-state index in [4.69, 9.17) is 14.2 Å². The molecule has 0 atom stereocenters. The van der Waals surface area contributed by atoms with E-state index in [0.717, 1.165) is 28.4 Å². The van der Waals surface area contributed by atoms with Crippen LogP contribution in [0.1, 0.15) is 22.8 Å². The molecule has 0 fully saturated rings. The Balaban J connectivity index is 1.86. The monoisotopic (exact) mass is 379 g/mol. The van der Waals surface area contributed by atoms with Crippen molar-refractivity contribution >= 4 is 22.4 Å². The van der Waals surface area contributed by atoms with E-state index in [1.54, 1.807) is 7.11 Å². The third-order valence-electron chi connectivity index (χ3n) is 4.47. The lowest BCUT2D eigenvalue weighted by Crippen LogP contribution is -2.16. The average molecular weight is 379 g/mol. The van der Waals surface area contributed by atoms with Gasteiger partial charge in [-0.25, -0.2) is 0 Å². The van der Waals surface area contributed by atoms with Gasteiger partial charge in [-0.2, -0.15) is 0 Å². The Kier molecular flexibility index (Phi) is 7.00. The first-order valence-electron chi connectivity index (χ1n) is 9.34. The van der Waals surface area contributed by atoms with Crippen LogP contribution in [-0.2, 0) is 15.9 Å². The van der Waals surface area contributed by atoms with Crippen LogP contribution >= 0.6 is 0 Å². The molecule has 0 spiro atoms. The van der Waals surface area contributed by atoms with Crippen molar-refractivity contribution in [2.45, 2.75) is 13.3 Å². The van der Waals surface area contributed by atoms with Gasteiger partial charge in [0, 0.05) is 12.8 Å². The Labute approximate surface area is 165 Å². The van der Waals surface area contributed by atoms with Gasteiger partial charge in [-0.05, 0) is 41.0 Å². The zero-order chi connectivity index (χ0) is 19.8. The number of ether oxygens (including phenoxy) is 3. The lowest BCUT2D eigenvalue weighted by molar-refractivity contribution is -0.00866. The predicted molar refractivity (Wildman–Crippen MR) is 111 cm³/mol. The van der Waals surface area contributed by atoms with Gasteiger partial charge in [-0.1, -0.05) is 49.4 Å². The summed E-state index contributed by atoms with van der Waals surface area (Å²) in [6, 6.07) is 19.4. The van der Waals surface area contributed by atoms with Gasteiger partial charge in [-0.3, -0.25) is 4.79 Å². The highest BCUT2D eigenvalue weighted by atomic mass is 16.7. The first-order valence-corrected chi connectivity index (χ1v) is 9.34. The Bertz CT molecular complexity index is 939. The maximum atomic E-state index is 13.0. The summed E-state index contributed by atoms with van der Waals surface area (Å²) in [4.78, 5) is 13.0. The summed E-state index contributed by atoms with van der Waals surface area (Å²) >= 11 is 0. The van der Waals surface area contributed by atoms with Crippen LogP contribution in [-0.4, -0.2) is 33.0 Å². The van der Waals surface area contributed by atoms with Crippen molar-refractivity contribution in [1.82, 2.24) is 0 Å². The molecular weight excluding hydrogens is 354 g/mol. The number of anilines is 1. The number of aryl methyl sites for hydroxylation is 1. The molecule has 3 aromatic carbocycles. The van der Waals surface area contributed by atoms with Crippen LogP contribution in [0.3, 0.4) is 0 Å². The van der Waals surface area contributed by atoms with Crippen molar-refractivity contribution in [3.63, 3.8) is 0 Å². The number of fused-ring (bicyclic) bond motifs is 1. The van der Waals surface area contributed by atoms with E-state index >= 15 is 0 Å². The number of carbonyl (C=O) groups is 1. The zero-order valence-corrected chi connectivity index (χ0v) is 16.2. The van der Waals surface area contributed by atoms with Crippen molar-refractivity contribution < 1.29 is 19.0 Å². The van der Waals surface area contributed by atoms with Gasteiger partial charge < -0.3 is 19.5 Å². The number of hydrogen-bond acceptors (Lipinski definition) is 4. The minimum Gasteiger partial charge on any atom is -0.467 e. The van der Waals surface area contributed by atoms with Gasteiger partial charge >= 0.3 is 0 Å². The first-order chi connectivity index (χ1) is 13.7. The topological polar surface area (TPSA) is 56.8 Å². The molecule has 28 heavy (non-hydrogen) atoms. The quantitative estimate of drug-likeness (QED) is 0.434. The van der Waals surface area contributed by atoms with E-state index in [9.17, 15) is 4.79 Å². The maximum Gasteiger partial charge on any atom is 0.259 e. The molecule has 0 aromatic heterocycles. The van der Waals surface area contributed by atoms with Crippen LogP contribution in [0.4, 0.5) is 5.69 Å². The van der Waals surface area contributed by atoms with Crippen molar-refractivity contribution in [3.8, 4) is 5.75 Å². The minimum absolute atomic E-state index is 0.0491. The lowest BCUT2D eigenvalue weighted by Gasteiger charge is -2.15. The van der Waals surface area contributed by atoms with E-state index in [0.29, 0.717) is 24.5 Å². The number of benzene rings is 3. The van der Waals surface area contributed by atoms with Gasteiger partial charge in [-0.15, -0.1) is 0 Å². The molecule has 5 heteroatoms. The van der Waals surface area contributed by atoms with Crippen LogP contribution in [0, 0.1) is 0 Å². The smallest absolute Gasteiger partial charge is 0.259 e. The third-order valence-corrected chi connectivity index (χ3v) is 4.47. The summed E-state index contributed by atoms with van der Waals surface area (Å²) in [6.07, 6.45) is 0.838. The highest BCUT2D eigenvalue weighted by Crippen LogP contribution is 2.28. The first kappa shape index (κ1) is 19.9. The van der Waals surface area contributed by atoms with E-state index in [-0.39, 0.29) is 12.7 Å². The minimum atomic E-state index is -0.210. The summed E-state index contributed by atoms with van der Waals surface area (Å²) < 4.78 is 16.1. The Hall–Kier alpha value is -2.89. The van der Waals surface area contributed by atoms with E-state index < -0.39 is 0 Å². The summed E-state index contributed by atoms with van der Waals surface area (Å²) in [5.41, 5.74) is 2.37. The molecule has 3 rings (SSSR count). The molecule has 0 aliphatic rings. The normalized spacial score (nSPS) is 10.8.